The fourth-order valence-electron chi connectivity index (χ4n) is 3.74. The van der Waals surface area contributed by atoms with E-state index in [-0.39, 0.29) is 30.6 Å². The van der Waals surface area contributed by atoms with Crippen LogP contribution in [0.5, 0.6) is 0 Å². The van der Waals surface area contributed by atoms with E-state index in [4.69, 9.17) is 16.7 Å². The Balaban J connectivity index is 1.61. The lowest BCUT2D eigenvalue weighted by Gasteiger charge is -2.40. The molecule has 0 spiro atoms. The molecule has 1 heterocycles. The van der Waals surface area contributed by atoms with Gasteiger partial charge in [-0.3, -0.25) is 14.5 Å². The number of nitrogens with zero attached hydrogens (tertiary/aromatic N) is 2. The molecule has 0 aromatic heterocycles. The maximum absolute atomic E-state index is 13.0. The summed E-state index contributed by atoms with van der Waals surface area (Å²) >= 11 is 6.11. The monoisotopic (exact) mass is 418 g/mol. The number of carboxylic acid groups (broad SMARTS) is 1. The number of aliphatic carboxylic acids is 1. The highest BCUT2D eigenvalue weighted by molar-refractivity contribution is 6.30. The normalized spacial score (nSPS) is 17.3. The van der Waals surface area contributed by atoms with Gasteiger partial charge in [0, 0.05) is 37.2 Å². The van der Waals surface area contributed by atoms with E-state index >= 15 is 0 Å². The van der Waals surface area contributed by atoms with Crippen molar-refractivity contribution >= 4 is 23.5 Å². The van der Waals surface area contributed by atoms with Gasteiger partial charge in [0.1, 0.15) is 5.82 Å². The Hall–Kier alpha value is -2.44. The predicted molar refractivity (Wildman–Crippen MR) is 109 cm³/mol. The molecule has 0 radical (unpaired) electrons. The molecule has 154 valence electrons. The molecule has 29 heavy (non-hydrogen) atoms. The van der Waals surface area contributed by atoms with Crippen LogP contribution in [0.3, 0.4) is 0 Å². The summed E-state index contributed by atoms with van der Waals surface area (Å²) in [5.41, 5.74) is 2.45. The van der Waals surface area contributed by atoms with E-state index in [1.54, 1.807) is 24.3 Å². The molecule has 3 rings (SSSR count). The molecule has 2 aromatic carbocycles. The van der Waals surface area contributed by atoms with Crippen LogP contribution in [-0.4, -0.2) is 52.5 Å². The van der Waals surface area contributed by atoms with E-state index in [2.05, 4.69) is 4.90 Å². The van der Waals surface area contributed by atoms with Crippen molar-refractivity contribution in [2.45, 2.75) is 32.4 Å². The van der Waals surface area contributed by atoms with Crippen molar-refractivity contribution in [1.82, 2.24) is 9.80 Å². The molecule has 0 unspecified atom stereocenters. The summed E-state index contributed by atoms with van der Waals surface area (Å²) < 4.78 is 13.0. The van der Waals surface area contributed by atoms with E-state index in [1.807, 2.05) is 17.9 Å². The van der Waals surface area contributed by atoms with Gasteiger partial charge < -0.3 is 10.0 Å². The van der Waals surface area contributed by atoms with Gasteiger partial charge in [-0.1, -0.05) is 29.8 Å². The van der Waals surface area contributed by atoms with Crippen molar-refractivity contribution < 1.29 is 19.1 Å². The Bertz CT molecular complexity index is 888. The third-order valence-corrected chi connectivity index (χ3v) is 5.44. The molecular formula is C22H24ClFN2O3. The third-order valence-electron chi connectivity index (χ3n) is 5.20. The second-order valence-corrected chi connectivity index (χ2v) is 7.89. The molecule has 1 N–H and O–H groups in total. The van der Waals surface area contributed by atoms with Crippen molar-refractivity contribution in [3.63, 3.8) is 0 Å². The van der Waals surface area contributed by atoms with E-state index in [9.17, 15) is 14.0 Å². The zero-order valence-corrected chi connectivity index (χ0v) is 17.0. The molecule has 1 amide bonds. The average Bonchev–Trinajstić information content (AvgIpc) is 2.65. The summed E-state index contributed by atoms with van der Waals surface area (Å²) in [6.07, 6.45) is 0.208. The van der Waals surface area contributed by atoms with Gasteiger partial charge in [-0.2, -0.15) is 0 Å². The fourth-order valence-corrected chi connectivity index (χ4v) is 3.94. The number of carboxylic acids is 1. The minimum Gasteiger partial charge on any atom is -0.481 e. The summed E-state index contributed by atoms with van der Waals surface area (Å²) in [5.74, 6) is -1.16. The van der Waals surface area contributed by atoms with Gasteiger partial charge >= 0.3 is 5.97 Å². The molecule has 1 saturated heterocycles. The third kappa shape index (κ3) is 5.78. The van der Waals surface area contributed by atoms with Crippen molar-refractivity contribution in [2.24, 2.45) is 0 Å². The number of carbonyl (C=O) groups is 2. The Kier molecular flexibility index (Phi) is 6.87. The average molecular weight is 419 g/mol. The number of piperazine rings is 1. The van der Waals surface area contributed by atoms with Gasteiger partial charge in [0.15, 0.2) is 0 Å². The van der Waals surface area contributed by atoms with Crippen molar-refractivity contribution in [3.8, 4) is 0 Å². The lowest BCUT2D eigenvalue weighted by Crippen LogP contribution is -2.54. The first-order valence-electron chi connectivity index (χ1n) is 9.57. The number of amides is 1. The number of hydrogen-bond donors (Lipinski definition) is 1. The van der Waals surface area contributed by atoms with Crippen LogP contribution in [0.25, 0.3) is 0 Å². The summed E-state index contributed by atoms with van der Waals surface area (Å²) in [6.45, 7) is 4.57. The second-order valence-electron chi connectivity index (χ2n) is 7.46. The first-order valence-corrected chi connectivity index (χ1v) is 9.95. The first kappa shape index (κ1) is 21.3. The van der Waals surface area contributed by atoms with Crippen molar-refractivity contribution in [1.29, 1.82) is 0 Å². The van der Waals surface area contributed by atoms with E-state index in [0.29, 0.717) is 31.2 Å². The molecule has 1 aliphatic rings. The van der Waals surface area contributed by atoms with Gasteiger partial charge in [-0.15, -0.1) is 0 Å². The SMILES string of the molecule is C[C@H]1CN(Cc2cc(Cl)ccc2CC(=O)O)CCN1C(=O)Cc1ccc(F)cc1. The summed E-state index contributed by atoms with van der Waals surface area (Å²) in [7, 11) is 0. The van der Waals surface area contributed by atoms with E-state index in [1.165, 1.54) is 12.1 Å². The lowest BCUT2D eigenvalue weighted by molar-refractivity contribution is -0.136. The van der Waals surface area contributed by atoms with Crippen LogP contribution in [0.1, 0.15) is 23.6 Å². The maximum atomic E-state index is 13.0. The largest absolute Gasteiger partial charge is 0.481 e. The summed E-state index contributed by atoms with van der Waals surface area (Å²) in [5, 5.41) is 9.71. The maximum Gasteiger partial charge on any atom is 0.307 e. The minimum absolute atomic E-state index is 0.0260. The fraction of sp³-hybridized carbons (Fsp3) is 0.364. The lowest BCUT2D eigenvalue weighted by atomic mass is 10.0. The molecule has 5 nitrogen and oxygen atoms in total. The smallest absolute Gasteiger partial charge is 0.307 e. The van der Waals surface area contributed by atoms with Crippen LogP contribution >= 0.6 is 11.6 Å². The molecular weight excluding hydrogens is 395 g/mol. The number of rotatable bonds is 6. The highest BCUT2D eigenvalue weighted by Gasteiger charge is 2.27. The van der Waals surface area contributed by atoms with Crippen LogP contribution in [0.15, 0.2) is 42.5 Å². The van der Waals surface area contributed by atoms with E-state index < -0.39 is 5.97 Å². The molecule has 0 aliphatic carbocycles. The Morgan fingerprint density at radius 1 is 1.10 bits per heavy atom. The van der Waals surface area contributed by atoms with Crippen molar-refractivity contribution in [3.05, 3.63) is 70.0 Å². The van der Waals surface area contributed by atoms with Gasteiger partial charge in [0.25, 0.3) is 0 Å². The number of carbonyl (C=O) groups excluding carboxylic acids is 1. The number of hydrogen-bond acceptors (Lipinski definition) is 3. The van der Waals surface area contributed by atoms with Crippen LogP contribution in [0.2, 0.25) is 5.02 Å². The molecule has 1 atom stereocenters. The molecule has 2 aromatic rings. The van der Waals surface area contributed by atoms with Crippen molar-refractivity contribution in [2.75, 3.05) is 19.6 Å². The number of benzene rings is 2. The minimum atomic E-state index is -0.877. The van der Waals surface area contributed by atoms with Gasteiger partial charge in [0.2, 0.25) is 5.91 Å². The zero-order valence-electron chi connectivity index (χ0n) is 16.3. The highest BCUT2D eigenvalue weighted by atomic mass is 35.5. The zero-order chi connectivity index (χ0) is 21.0. The molecule has 0 bridgehead atoms. The Morgan fingerprint density at radius 2 is 1.83 bits per heavy atom. The van der Waals surface area contributed by atoms with Gasteiger partial charge in [-0.25, -0.2) is 4.39 Å². The molecule has 0 saturated carbocycles. The quantitative estimate of drug-likeness (QED) is 0.781. The van der Waals surface area contributed by atoms with Crippen LogP contribution in [-0.2, 0) is 29.0 Å². The second kappa shape index (κ2) is 9.37. The Morgan fingerprint density at radius 3 is 2.48 bits per heavy atom. The highest BCUT2D eigenvalue weighted by Crippen LogP contribution is 2.21. The topological polar surface area (TPSA) is 60.9 Å². The Labute approximate surface area is 174 Å². The molecule has 1 fully saturated rings. The van der Waals surface area contributed by atoms with Crippen LogP contribution in [0.4, 0.5) is 4.39 Å². The molecule has 1 aliphatic heterocycles. The predicted octanol–water partition coefficient (Wildman–Crippen LogP) is 3.38. The van der Waals surface area contributed by atoms with E-state index in [0.717, 1.165) is 16.7 Å². The standard InChI is InChI=1S/C22H24ClFN2O3/c1-15-13-25(14-18-11-19(23)5-4-17(18)12-22(28)29)8-9-26(15)21(27)10-16-2-6-20(24)7-3-16/h2-7,11,15H,8-10,12-14H2,1H3,(H,28,29)/t15-/m0/s1. The molecule has 7 heteroatoms. The van der Waals surface area contributed by atoms with Crippen LogP contribution < -0.4 is 0 Å². The summed E-state index contributed by atoms with van der Waals surface area (Å²) in [4.78, 5) is 27.9. The van der Waals surface area contributed by atoms with Gasteiger partial charge in [-0.05, 0) is 47.9 Å². The van der Waals surface area contributed by atoms with Crippen LogP contribution in [0, 0.1) is 5.82 Å². The number of halogens is 2. The van der Waals surface area contributed by atoms with Gasteiger partial charge in [0.05, 0.1) is 12.8 Å². The summed E-state index contributed by atoms with van der Waals surface area (Å²) in [6, 6.07) is 11.3. The first-order chi connectivity index (χ1) is 13.8.